The lowest BCUT2D eigenvalue weighted by molar-refractivity contribution is 0.221. The topological polar surface area (TPSA) is 29.3 Å². The molecule has 0 amide bonds. The van der Waals surface area contributed by atoms with Crippen molar-refractivity contribution in [3.05, 3.63) is 33.8 Å². The van der Waals surface area contributed by atoms with E-state index in [9.17, 15) is 0 Å². The van der Waals surface area contributed by atoms with Crippen molar-refractivity contribution in [3.63, 3.8) is 0 Å². The van der Waals surface area contributed by atoms with Crippen LogP contribution in [-0.4, -0.2) is 24.0 Å². The maximum Gasteiger partial charge on any atom is 0.0514 e. The molecule has 2 rings (SSSR count). The van der Waals surface area contributed by atoms with Crippen molar-refractivity contribution in [1.29, 1.82) is 0 Å². The Labute approximate surface area is 119 Å². The first-order valence-electron chi connectivity index (χ1n) is 6.43. The highest BCUT2D eigenvalue weighted by atomic mass is 35.5. The minimum atomic E-state index is 0.155. The van der Waals surface area contributed by atoms with Crippen LogP contribution >= 0.6 is 23.2 Å². The first kappa shape index (κ1) is 14.1. The molecule has 2 unspecified atom stereocenters. The third-order valence-corrected chi connectivity index (χ3v) is 3.99. The molecule has 0 saturated carbocycles. The van der Waals surface area contributed by atoms with Gasteiger partial charge in [0.15, 0.2) is 0 Å². The van der Waals surface area contributed by atoms with E-state index in [0.29, 0.717) is 10.9 Å². The van der Waals surface area contributed by atoms with Crippen LogP contribution in [0.2, 0.25) is 10.0 Å². The molecular weight excluding hydrogens is 267 g/mol. The normalized spacial score (nSPS) is 25.0. The van der Waals surface area contributed by atoms with E-state index in [0.717, 1.165) is 30.1 Å². The molecule has 0 bridgehead atoms. The SMILES string of the molecule is CC(C)CN1CCC(N)C1c1ccc(Cl)cc1Cl. The fourth-order valence-corrected chi connectivity index (χ4v) is 3.25. The van der Waals surface area contributed by atoms with E-state index in [1.165, 1.54) is 0 Å². The smallest absolute Gasteiger partial charge is 0.0514 e. The highest BCUT2D eigenvalue weighted by Gasteiger charge is 2.34. The van der Waals surface area contributed by atoms with Crippen LogP contribution in [-0.2, 0) is 0 Å². The Balaban J connectivity index is 2.27. The molecule has 1 fully saturated rings. The van der Waals surface area contributed by atoms with Crippen LogP contribution < -0.4 is 5.73 Å². The summed E-state index contributed by atoms with van der Waals surface area (Å²) in [4.78, 5) is 2.43. The zero-order chi connectivity index (χ0) is 13.3. The molecule has 0 radical (unpaired) electrons. The number of nitrogens with two attached hydrogens (primary N) is 1. The predicted octanol–water partition coefficient (Wildman–Crippen LogP) is 3.72. The second kappa shape index (κ2) is 5.79. The molecule has 0 spiro atoms. The zero-order valence-corrected chi connectivity index (χ0v) is 12.4. The molecule has 2 atom stereocenters. The Morgan fingerprint density at radius 3 is 2.72 bits per heavy atom. The average Bonchev–Trinajstić information content (AvgIpc) is 2.60. The number of halogens is 2. The van der Waals surface area contributed by atoms with Gasteiger partial charge in [-0.05, 0) is 30.0 Å². The summed E-state index contributed by atoms with van der Waals surface area (Å²) in [5.41, 5.74) is 7.35. The second-order valence-corrected chi connectivity index (χ2v) is 6.30. The van der Waals surface area contributed by atoms with Crippen molar-refractivity contribution in [1.82, 2.24) is 4.90 Å². The van der Waals surface area contributed by atoms with Crippen molar-refractivity contribution in [2.45, 2.75) is 32.4 Å². The van der Waals surface area contributed by atoms with Crippen LogP contribution in [0.15, 0.2) is 18.2 Å². The third kappa shape index (κ3) is 3.00. The molecule has 0 aliphatic carbocycles. The van der Waals surface area contributed by atoms with E-state index < -0.39 is 0 Å². The molecule has 4 heteroatoms. The molecule has 1 aliphatic rings. The highest BCUT2D eigenvalue weighted by molar-refractivity contribution is 6.35. The second-order valence-electron chi connectivity index (χ2n) is 5.45. The van der Waals surface area contributed by atoms with Gasteiger partial charge >= 0.3 is 0 Å². The van der Waals surface area contributed by atoms with Gasteiger partial charge in [0, 0.05) is 29.2 Å². The van der Waals surface area contributed by atoms with Gasteiger partial charge < -0.3 is 5.73 Å². The molecule has 1 saturated heterocycles. The lowest BCUT2D eigenvalue weighted by Crippen LogP contribution is -2.34. The molecule has 18 heavy (non-hydrogen) atoms. The lowest BCUT2D eigenvalue weighted by atomic mass is 10.00. The minimum Gasteiger partial charge on any atom is -0.326 e. The molecule has 1 aliphatic heterocycles. The number of rotatable bonds is 3. The van der Waals surface area contributed by atoms with Crippen molar-refractivity contribution >= 4 is 23.2 Å². The van der Waals surface area contributed by atoms with Crippen molar-refractivity contribution in [3.8, 4) is 0 Å². The van der Waals surface area contributed by atoms with Crippen LogP contribution in [0, 0.1) is 5.92 Å². The van der Waals surface area contributed by atoms with Gasteiger partial charge in [0.25, 0.3) is 0 Å². The summed E-state index contributed by atoms with van der Waals surface area (Å²) in [6, 6.07) is 6.08. The van der Waals surface area contributed by atoms with Gasteiger partial charge in [-0.3, -0.25) is 4.90 Å². The van der Waals surface area contributed by atoms with E-state index in [1.807, 2.05) is 12.1 Å². The standard InChI is InChI=1S/C14H20Cl2N2/c1-9(2)8-18-6-5-13(17)14(18)11-4-3-10(15)7-12(11)16/h3-4,7,9,13-14H,5-6,8,17H2,1-2H3. The molecule has 2 nitrogen and oxygen atoms in total. The van der Waals surface area contributed by atoms with Gasteiger partial charge in [0.2, 0.25) is 0 Å². The minimum absolute atomic E-state index is 0.155. The van der Waals surface area contributed by atoms with E-state index in [2.05, 4.69) is 18.7 Å². The molecule has 1 heterocycles. The van der Waals surface area contributed by atoms with Crippen molar-refractivity contribution in [2.24, 2.45) is 11.7 Å². The van der Waals surface area contributed by atoms with E-state index >= 15 is 0 Å². The fraction of sp³-hybridized carbons (Fsp3) is 0.571. The summed E-state index contributed by atoms with van der Waals surface area (Å²) in [6.07, 6.45) is 1.02. The summed E-state index contributed by atoms with van der Waals surface area (Å²) in [5, 5.41) is 1.39. The summed E-state index contributed by atoms with van der Waals surface area (Å²) < 4.78 is 0. The Hall–Kier alpha value is -0.280. The summed E-state index contributed by atoms with van der Waals surface area (Å²) >= 11 is 12.3. The molecule has 1 aromatic rings. The van der Waals surface area contributed by atoms with Crippen LogP contribution in [0.5, 0.6) is 0 Å². The Bertz CT molecular complexity index is 420. The molecule has 2 N–H and O–H groups in total. The van der Waals surface area contributed by atoms with Crippen LogP contribution in [0.4, 0.5) is 0 Å². The Morgan fingerprint density at radius 1 is 1.39 bits per heavy atom. The van der Waals surface area contributed by atoms with Gasteiger partial charge in [-0.2, -0.15) is 0 Å². The highest BCUT2D eigenvalue weighted by Crippen LogP contribution is 2.36. The van der Waals surface area contributed by atoms with Gasteiger partial charge in [-0.15, -0.1) is 0 Å². The van der Waals surface area contributed by atoms with Crippen molar-refractivity contribution < 1.29 is 0 Å². The fourth-order valence-electron chi connectivity index (χ4n) is 2.73. The number of nitrogens with zero attached hydrogens (tertiary/aromatic N) is 1. The van der Waals surface area contributed by atoms with Gasteiger partial charge in [-0.25, -0.2) is 0 Å². The van der Waals surface area contributed by atoms with E-state index in [1.54, 1.807) is 6.07 Å². The number of benzene rings is 1. The quantitative estimate of drug-likeness (QED) is 0.918. The summed E-state index contributed by atoms with van der Waals surface area (Å²) in [5.74, 6) is 0.629. The molecular formula is C14H20Cl2N2. The predicted molar refractivity (Wildman–Crippen MR) is 78.2 cm³/mol. The maximum atomic E-state index is 6.31. The number of likely N-dealkylation sites (tertiary alicyclic amines) is 1. The molecule has 1 aromatic carbocycles. The van der Waals surface area contributed by atoms with Gasteiger partial charge in [0.05, 0.1) is 6.04 Å². The lowest BCUT2D eigenvalue weighted by Gasteiger charge is -2.29. The first-order valence-corrected chi connectivity index (χ1v) is 7.19. The van der Waals surface area contributed by atoms with Crippen LogP contribution in [0.3, 0.4) is 0 Å². The maximum absolute atomic E-state index is 6.31. The third-order valence-electron chi connectivity index (χ3n) is 3.43. The summed E-state index contributed by atoms with van der Waals surface area (Å²) in [6.45, 7) is 6.55. The first-order chi connectivity index (χ1) is 8.49. The van der Waals surface area contributed by atoms with Gasteiger partial charge in [0.1, 0.15) is 0 Å². The Morgan fingerprint density at radius 2 is 2.11 bits per heavy atom. The van der Waals surface area contributed by atoms with Gasteiger partial charge in [-0.1, -0.05) is 43.1 Å². The largest absolute Gasteiger partial charge is 0.326 e. The van der Waals surface area contributed by atoms with E-state index in [-0.39, 0.29) is 12.1 Å². The Kier molecular flexibility index (Phi) is 4.54. The average molecular weight is 287 g/mol. The zero-order valence-electron chi connectivity index (χ0n) is 10.9. The molecule has 0 aromatic heterocycles. The van der Waals surface area contributed by atoms with Crippen molar-refractivity contribution in [2.75, 3.05) is 13.1 Å². The number of hydrogen-bond donors (Lipinski definition) is 1. The molecule has 100 valence electrons. The number of hydrogen-bond acceptors (Lipinski definition) is 2. The summed E-state index contributed by atoms with van der Waals surface area (Å²) in [7, 11) is 0. The van der Waals surface area contributed by atoms with Crippen LogP contribution in [0.25, 0.3) is 0 Å². The monoisotopic (exact) mass is 286 g/mol. The van der Waals surface area contributed by atoms with E-state index in [4.69, 9.17) is 28.9 Å². The van der Waals surface area contributed by atoms with Crippen LogP contribution in [0.1, 0.15) is 31.9 Å².